The lowest BCUT2D eigenvalue weighted by atomic mass is 10.1. The van der Waals surface area contributed by atoms with E-state index < -0.39 is 0 Å². The monoisotopic (exact) mass is 276 g/mol. The highest BCUT2D eigenvalue weighted by atomic mass is 16.4. The molecular formula is C15H24N4O. The molecule has 1 fully saturated rings. The number of aryl methyl sites for hydroxylation is 1. The second-order valence-electron chi connectivity index (χ2n) is 5.43. The summed E-state index contributed by atoms with van der Waals surface area (Å²) in [5, 5.41) is 12.1. The molecular weight excluding hydrogens is 252 g/mol. The van der Waals surface area contributed by atoms with Crippen LogP contribution in [0.25, 0.3) is 0 Å². The number of rotatable bonds is 5. The fourth-order valence-corrected chi connectivity index (χ4v) is 2.84. The normalized spacial score (nSPS) is 16.6. The maximum Gasteiger partial charge on any atom is 0.172 e. The Morgan fingerprint density at radius 2 is 2.10 bits per heavy atom. The van der Waals surface area contributed by atoms with Gasteiger partial charge in [0.15, 0.2) is 5.84 Å². The van der Waals surface area contributed by atoms with Gasteiger partial charge in [-0.2, -0.15) is 0 Å². The summed E-state index contributed by atoms with van der Waals surface area (Å²) in [6.07, 6.45) is 2.62. The van der Waals surface area contributed by atoms with Crippen LogP contribution in [0.2, 0.25) is 0 Å². The zero-order chi connectivity index (χ0) is 14.5. The molecule has 0 spiro atoms. The van der Waals surface area contributed by atoms with Crippen molar-refractivity contribution in [1.82, 2.24) is 4.90 Å². The van der Waals surface area contributed by atoms with Gasteiger partial charge in [-0.15, -0.1) is 0 Å². The highest BCUT2D eigenvalue weighted by molar-refractivity contribution is 6.02. The lowest BCUT2D eigenvalue weighted by Gasteiger charge is -2.26. The van der Waals surface area contributed by atoms with Crippen molar-refractivity contribution in [3.05, 3.63) is 29.3 Å². The Kier molecular flexibility index (Phi) is 4.84. The van der Waals surface area contributed by atoms with Gasteiger partial charge in [-0.3, -0.25) is 0 Å². The molecule has 0 atom stereocenters. The number of nitrogens with two attached hydrogens (primary N) is 1. The fraction of sp³-hybridized carbons (Fsp3) is 0.533. The van der Waals surface area contributed by atoms with Crippen LogP contribution in [0.3, 0.4) is 0 Å². The van der Waals surface area contributed by atoms with Crippen molar-refractivity contribution < 1.29 is 5.21 Å². The number of amidine groups is 1. The number of benzene rings is 1. The van der Waals surface area contributed by atoms with Crippen molar-refractivity contribution in [3.8, 4) is 0 Å². The van der Waals surface area contributed by atoms with Crippen LogP contribution in [0.4, 0.5) is 5.69 Å². The first kappa shape index (κ1) is 14.7. The van der Waals surface area contributed by atoms with Gasteiger partial charge < -0.3 is 20.7 Å². The Balaban J connectivity index is 2.13. The van der Waals surface area contributed by atoms with Crippen molar-refractivity contribution in [2.75, 3.05) is 38.1 Å². The minimum absolute atomic E-state index is 0.164. The van der Waals surface area contributed by atoms with Gasteiger partial charge in [0, 0.05) is 25.7 Å². The maximum atomic E-state index is 8.92. The van der Waals surface area contributed by atoms with Crippen LogP contribution in [0, 0.1) is 6.92 Å². The minimum atomic E-state index is 0.164. The van der Waals surface area contributed by atoms with Gasteiger partial charge >= 0.3 is 0 Å². The lowest BCUT2D eigenvalue weighted by molar-refractivity contribution is 0.318. The molecule has 2 rings (SSSR count). The lowest BCUT2D eigenvalue weighted by Crippen LogP contribution is -2.33. The van der Waals surface area contributed by atoms with E-state index in [2.05, 4.69) is 35.0 Å². The molecule has 5 heteroatoms. The summed E-state index contributed by atoms with van der Waals surface area (Å²) in [6.45, 7) is 6.45. The van der Waals surface area contributed by atoms with Crippen LogP contribution in [-0.4, -0.2) is 49.2 Å². The molecule has 3 N–H and O–H groups in total. The second-order valence-corrected chi connectivity index (χ2v) is 5.43. The van der Waals surface area contributed by atoms with E-state index in [-0.39, 0.29) is 5.84 Å². The summed E-state index contributed by atoms with van der Waals surface area (Å²) in [5.41, 5.74) is 8.75. The molecule has 1 aromatic carbocycles. The molecule has 0 amide bonds. The van der Waals surface area contributed by atoms with Gasteiger partial charge in [0.2, 0.25) is 0 Å². The molecule has 0 aliphatic carbocycles. The zero-order valence-corrected chi connectivity index (χ0v) is 12.3. The van der Waals surface area contributed by atoms with E-state index in [9.17, 15) is 0 Å². The van der Waals surface area contributed by atoms with E-state index in [0.29, 0.717) is 0 Å². The molecule has 1 saturated heterocycles. The molecule has 0 saturated carbocycles. The highest BCUT2D eigenvalue weighted by Gasteiger charge is 2.16. The number of anilines is 1. The molecule has 5 nitrogen and oxygen atoms in total. The van der Waals surface area contributed by atoms with Crippen molar-refractivity contribution in [2.45, 2.75) is 19.8 Å². The van der Waals surface area contributed by atoms with Crippen LogP contribution in [-0.2, 0) is 0 Å². The summed E-state index contributed by atoms with van der Waals surface area (Å²) >= 11 is 0. The smallest absolute Gasteiger partial charge is 0.172 e. The van der Waals surface area contributed by atoms with Crippen LogP contribution < -0.4 is 10.6 Å². The van der Waals surface area contributed by atoms with Crippen molar-refractivity contribution in [3.63, 3.8) is 0 Å². The largest absolute Gasteiger partial charge is 0.409 e. The minimum Gasteiger partial charge on any atom is -0.409 e. The van der Waals surface area contributed by atoms with Crippen LogP contribution in [0.15, 0.2) is 23.4 Å². The topological polar surface area (TPSA) is 65.1 Å². The SMILES string of the molecule is Cc1cccc(/C(N)=N/O)c1N(C)CCN1CCCC1. The molecule has 0 radical (unpaired) electrons. The zero-order valence-electron chi connectivity index (χ0n) is 12.3. The van der Waals surface area contributed by atoms with E-state index in [0.717, 1.165) is 29.9 Å². The van der Waals surface area contributed by atoms with E-state index in [1.807, 2.05) is 12.1 Å². The number of para-hydroxylation sites is 1. The van der Waals surface area contributed by atoms with Gasteiger partial charge in [0.05, 0.1) is 5.69 Å². The molecule has 0 aromatic heterocycles. The summed E-state index contributed by atoms with van der Waals surface area (Å²) in [5.74, 6) is 0.164. The summed E-state index contributed by atoms with van der Waals surface area (Å²) in [4.78, 5) is 4.68. The average Bonchev–Trinajstić information content (AvgIpc) is 2.97. The summed E-state index contributed by atoms with van der Waals surface area (Å²) in [7, 11) is 2.06. The Bertz CT molecular complexity index is 481. The number of nitrogens with zero attached hydrogens (tertiary/aromatic N) is 3. The third-order valence-electron chi connectivity index (χ3n) is 3.95. The third kappa shape index (κ3) is 3.22. The summed E-state index contributed by atoms with van der Waals surface area (Å²) < 4.78 is 0. The summed E-state index contributed by atoms with van der Waals surface area (Å²) in [6, 6.07) is 5.88. The van der Waals surface area contributed by atoms with Gasteiger partial charge in [0.25, 0.3) is 0 Å². The number of hydrogen-bond donors (Lipinski definition) is 2. The molecule has 0 unspecified atom stereocenters. The second kappa shape index (κ2) is 6.61. The average molecular weight is 276 g/mol. The number of likely N-dealkylation sites (N-methyl/N-ethyl adjacent to an activating group) is 1. The predicted molar refractivity (Wildman–Crippen MR) is 82.6 cm³/mol. The Labute approximate surface area is 120 Å². The first-order valence-electron chi connectivity index (χ1n) is 7.14. The fourth-order valence-electron chi connectivity index (χ4n) is 2.84. The maximum absolute atomic E-state index is 8.92. The third-order valence-corrected chi connectivity index (χ3v) is 3.95. The van der Waals surface area contributed by atoms with Crippen molar-refractivity contribution in [1.29, 1.82) is 0 Å². The number of hydrogen-bond acceptors (Lipinski definition) is 4. The first-order valence-corrected chi connectivity index (χ1v) is 7.14. The molecule has 110 valence electrons. The van der Waals surface area contributed by atoms with Crippen LogP contribution in [0.1, 0.15) is 24.0 Å². The number of oxime groups is 1. The molecule has 1 aliphatic heterocycles. The quantitative estimate of drug-likeness (QED) is 0.371. The highest BCUT2D eigenvalue weighted by Crippen LogP contribution is 2.24. The molecule has 1 aliphatic rings. The van der Waals surface area contributed by atoms with E-state index in [4.69, 9.17) is 10.9 Å². The van der Waals surface area contributed by atoms with Gasteiger partial charge in [-0.25, -0.2) is 0 Å². The number of likely N-dealkylation sites (tertiary alicyclic amines) is 1. The van der Waals surface area contributed by atoms with Crippen molar-refractivity contribution in [2.24, 2.45) is 10.9 Å². The molecule has 1 heterocycles. The Morgan fingerprint density at radius 3 is 2.75 bits per heavy atom. The van der Waals surface area contributed by atoms with Gasteiger partial charge in [-0.05, 0) is 44.5 Å². The van der Waals surface area contributed by atoms with Crippen LogP contribution in [0.5, 0.6) is 0 Å². The standard InChI is InChI=1S/C15H24N4O/c1-12-6-5-7-13(15(16)17-20)14(12)18(2)10-11-19-8-3-4-9-19/h5-7,20H,3-4,8-11H2,1-2H3,(H2,16,17). The molecule has 20 heavy (non-hydrogen) atoms. The van der Waals surface area contributed by atoms with Gasteiger partial charge in [-0.1, -0.05) is 17.3 Å². The molecule has 1 aromatic rings. The van der Waals surface area contributed by atoms with Crippen molar-refractivity contribution >= 4 is 11.5 Å². The van der Waals surface area contributed by atoms with Crippen LogP contribution >= 0.6 is 0 Å². The van der Waals surface area contributed by atoms with E-state index >= 15 is 0 Å². The van der Waals surface area contributed by atoms with E-state index in [1.165, 1.54) is 25.9 Å². The van der Waals surface area contributed by atoms with E-state index in [1.54, 1.807) is 0 Å². The Morgan fingerprint density at radius 1 is 1.40 bits per heavy atom. The molecule has 0 bridgehead atoms. The van der Waals surface area contributed by atoms with Gasteiger partial charge in [0.1, 0.15) is 0 Å². The Hall–Kier alpha value is -1.75. The first-order chi connectivity index (χ1) is 9.63. The predicted octanol–water partition coefficient (Wildman–Crippen LogP) is 1.62.